The zero-order valence-corrected chi connectivity index (χ0v) is 7.58. The monoisotopic (exact) mass is 178 g/mol. The summed E-state index contributed by atoms with van der Waals surface area (Å²) in [5.41, 5.74) is 0. The second-order valence-corrected chi connectivity index (χ2v) is 3.51. The van der Waals surface area contributed by atoms with Gasteiger partial charge in [0.2, 0.25) is 0 Å². The third-order valence-electron chi connectivity index (χ3n) is 1.75. The normalized spacial score (nSPS) is 21.2. The van der Waals surface area contributed by atoms with E-state index in [1.54, 1.807) is 0 Å². The number of hydrogen-bond acceptors (Lipinski definition) is 2. The predicted molar refractivity (Wildman–Crippen MR) is 47.5 cm³/mol. The summed E-state index contributed by atoms with van der Waals surface area (Å²) in [6.07, 6.45) is 0. The second-order valence-electron chi connectivity index (χ2n) is 2.54. The van der Waals surface area contributed by atoms with Gasteiger partial charge < -0.3 is 9.80 Å². The minimum Gasteiger partial charge on any atom is -0.351 e. The molecule has 0 unspecified atom stereocenters. The van der Waals surface area contributed by atoms with Gasteiger partial charge in [0.25, 0.3) is 0 Å². The lowest BCUT2D eigenvalue weighted by molar-refractivity contribution is 0.219. The van der Waals surface area contributed by atoms with Gasteiger partial charge in [-0.25, -0.2) is 0 Å². The molecule has 4 heteroatoms. The molecule has 0 amide bonds. The van der Waals surface area contributed by atoms with E-state index in [-0.39, 0.29) is 0 Å². The molecule has 1 saturated heterocycles. The van der Waals surface area contributed by atoms with Gasteiger partial charge in [-0.3, -0.25) is 0 Å². The van der Waals surface area contributed by atoms with Crippen molar-refractivity contribution in [2.45, 2.75) is 0 Å². The Bertz CT molecular complexity index is 132. The number of halogens is 1. The smallest absolute Gasteiger partial charge is 0.170 e. The standard InChI is InChI=1S/C6H11ClN2S/c1-8-2-4-9(5-3-8)6(7)10/h2-5H2,1H3. The quantitative estimate of drug-likeness (QED) is 0.307. The van der Waals surface area contributed by atoms with Crippen molar-refractivity contribution >= 4 is 28.3 Å². The van der Waals surface area contributed by atoms with Crippen molar-refractivity contribution in [3.8, 4) is 0 Å². The van der Waals surface area contributed by atoms with Gasteiger partial charge in [0.15, 0.2) is 4.45 Å². The molecular formula is C6H11ClN2S. The average molecular weight is 179 g/mol. The van der Waals surface area contributed by atoms with Crippen LogP contribution in [0.1, 0.15) is 0 Å². The summed E-state index contributed by atoms with van der Waals surface area (Å²) in [7, 11) is 2.11. The van der Waals surface area contributed by atoms with Gasteiger partial charge in [-0.15, -0.1) is 0 Å². The van der Waals surface area contributed by atoms with Crippen molar-refractivity contribution in [1.82, 2.24) is 9.80 Å². The minimum atomic E-state index is 0.508. The lowest BCUT2D eigenvalue weighted by Crippen LogP contribution is -2.45. The third kappa shape index (κ3) is 2.08. The van der Waals surface area contributed by atoms with Crippen LogP contribution in [0.4, 0.5) is 0 Å². The molecule has 1 fully saturated rings. The molecule has 0 aromatic carbocycles. The Morgan fingerprint density at radius 3 is 2.20 bits per heavy atom. The molecule has 0 aliphatic carbocycles. The Balaban J connectivity index is 2.33. The molecular weight excluding hydrogens is 168 g/mol. The van der Waals surface area contributed by atoms with Crippen LogP contribution < -0.4 is 0 Å². The highest BCUT2D eigenvalue weighted by molar-refractivity contribution is 7.83. The Labute approximate surface area is 71.7 Å². The number of likely N-dealkylation sites (N-methyl/N-ethyl adjacent to an activating group) is 1. The fourth-order valence-electron chi connectivity index (χ4n) is 0.982. The van der Waals surface area contributed by atoms with Crippen LogP contribution in [0.5, 0.6) is 0 Å². The molecule has 0 aromatic rings. The zero-order chi connectivity index (χ0) is 7.56. The average Bonchev–Trinajstić information content (AvgIpc) is 1.88. The molecule has 0 N–H and O–H groups in total. The first-order valence-electron chi connectivity index (χ1n) is 3.33. The molecule has 1 aliphatic rings. The van der Waals surface area contributed by atoms with Crippen LogP contribution in [0.2, 0.25) is 0 Å². The van der Waals surface area contributed by atoms with Crippen molar-refractivity contribution < 1.29 is 0 Å². The number of hydrogen-bond donors (Lipinski definition) is 0. The van der Waals surface area contributed by atoms with E-state index in [9.17, 15) is 0 Å². The van der Waals surface area contributed by atoms with E-state index in [4.69, 9.17) is 23.8 Å². The molecule has 0 saturated carbocycles. The Hall–Kier alpha value is 0.140. The molecule has 1 heterocycles. The molecule has 0 aromatic heterocycles. The highest BCUT2D eigenvalue weighted by Gasteiger charge is 2.13. The fourth-order valence-corrected chi connectivity index (χ4v) is 1.33. The van der Waals surface area contributed by atoms with Crippen LogP contribution in [0.25, 0.3) is 0 Å². The van der Waals surface area contributed by atoms with E-state index in [1.165, 1.54) is 0 Å². The van der Waals surface area contributed by atoms with Crippen LogP contribution in [0.15, 0.2) is 0 Å². The highest BCUT2D eigenvalue weighted by Crippen LogP contribution is 2.02. The van der Waals surface area contributed by atoms with Crippen LogP contribution >= 0.6 is 23.8 Å². The van der Waals surface area contributed by atoms with E-state index in [0.29, 0.717) is 4.45 Å². The van der Waals surface area contributed by atoms with E-state index in [0.717, 1.165) is 26.2 Å². The Morgan fingerprint density at radius 1 is 1.30 bits per heavy atom. The molecule has 58 valence electrons. The maximum Gasteiger partial charge on any atom is 0.170 e. The maximum atomic E-state index is 5.64. The van der Waals surface area contributed by atoms with Crippen molar-refractivity contribution in [3.63, 3.8) is 0 Å². The minimum absolute atomic E-state index is 0.508. The molecule has 0 radical (unpaired) electrons. The first kappa shape index (κ1) is 8.24. The SMILES string of the molecule is CN1CCN(C(=S)Cl)CC1. The maximum absolute atomic E-state index is 5.64. The van der Waals surface area contributed by atoms with Crippen LogP contribution in [0, 0.1) is 0 Å². The molecule has 2 nitrogen and oxygen atoms in total. The van der Waals surface area contributed by atoms with Crippen LogP contribution in [-0.2, 0) is 0 Å². The van der Waals surface area contributed by atoms with Crippen molar-refractivity contribution in [3.05, 3.63) is 0 Å². The molecule has 10 heavy (non-hydrogen) atoms. The van der Waals surface area contributed by atoms with Gasteiger partial charge in [0.05, 0.1) is 0 Å². The first-order chi connectivity index (χ1) is 4.70. The van der Waals surface area contributed by atoms with Crippen LogP contribution in [-0.4, -0.2) is 47.5 Å². The summed E-state index contributed by atoms with van der Waals surface area (Å²) in [5.74, 6) is 0. The van der Waals surface area contributed by atoms with Crippen molar-refractivity contribution in [2.75, 3.05) is 33.2 Å². The lowest BCUT2D eigenvalue weighted by Gasteiger charge is -2.32. The number of thiocarbonyl (C=S) groups is 1. The molecule has 1 rings (SSSR count). The topological polar surface area (TPSA) is 6.48 Å². The lowest BCUT2D eigenvalue weighted by atomic mass is 10.4. The summed E-state index contributed by atoms with van der Waals surface area (Å²) in [6, 6.07) is 0. The molecule has 0 spiro atoms. The third-order valence-corrected chi connectivity index (χ3v) is 2.25. The summed E-state index contributed by atoms with van der Waals surface area (Å²) < 4.78 is 0.508. The van der Waals surface area contributed by atoms with Gasteiger partial charge in [-0.2, -0.15) is 0 Å². The van der Waals surface area contributed by atoms with Crippen molar-refractivity contribution in [1.29, 1.82) is 0 Å². The van der Waals surface area contributed by atoms with Gasteiger partial charge >= 0.3 is 0 Å². The van der Waals surface area contributed by atoms with Crippen LogP contribution in [0.3, 0.4) is 0 Å². The highest BCUT2D eigenvalue weighted by atomic mass is 35.5. The largest absolute Gasteiger partial charge is 0.351 e. The second kappa shape index (κ2) is 3.51. The van der Waals surface area contributed by atoms with Gasteiger partial charge in [-0.1, -0.05) is 11.6 Å². The van der Waals surface area contributed by atoms with Gasteiger partial charge in [0.1, 0.15) is 0 Å². The predicted octanol–water partition coefficient (Wildman–Crippen LogP) is 0.757. The van der Waals surface area contributed by atoms with E-state index in [1.807, 2.05) is 4.90 Å². The summed E-state index contributed by atoms with van der Waals surface area (Å²) in [4.78, 5) is 4.29. The summed E-state index contributed by atoms with van der Waals surface area (Å²) in [6.45, 7) is 4.07. The van der Waals surface area contributed by atoms with Crippen molar-refractivity contribution in [2.24, 2.45) is 0 Å². The van der Waals surface area contributed by atoms with Gasteiger partial charge in [0, 0.05) is 26.2 Å². The zero-order valence-electron chi connectivity index (χ0n) is 6.01. The van der Waals surface area contributed by atoms with E-state index in [2.05, 4.69) is 11.9 Å². The molecule has 0 atom stereocenters. The molecule has 0 bridgehead atoms. The number of piperazine rings is 1. The Morgan fingerprint density at radius 2 is 1.80 bits per heavy atom. The number of rotatable bonds is 0. The Kier molecular flexibility index (Phi) is 2.89. The number of nitrogens with zero attached hydrogens (tertiary/aromatic N) is 2. The van der Waals surface area contributed by atoms with Gasteiger partial charge in [-0.05, 0) is 19.3 Å². The summed E-state index contributed by atoms with van der Waals surface area (Å²) >= 11 is 10.5. The summed E-state index contributed by atoms with van der Waals surface area (Å²) in [5, 5.41) is 0. The van der Waals surface area contributed by atoms with E-state index >= 15 is 0 Å². The van der Waals surface area contributed by atoms with E-state index < -0.39 is 0 Å². The molecule has 1 aliphatic heterocycles. The fraction of sp³-hybridized carbons (Fsp3) is 0.833. The first-order valence-corrected chi connectivity index (χ1v) is 4.12.